The van der Waals surface area contributed by atoms with Crippen molar-refractivity contribution in [2.45, 2.75) is 20.5 Å². The number of benzene rings is 1. The molecule has 0 saturated carbocycles. The van der Waals surface area contributed by atoms with Gasteiger partial charge in [0.1, 0.15) is 12.4 Å². The van der Waals surface area contributed by atoms with Crippen LogP contribution in [0.5, 0.6) is 5.75 Å². The van der Waals surface area contributed by atoms with Crippen molar-refractivity contribution in [2.75, 3.05) is 33.4 Å². The second kappa shape index (κ2) is 9.78. The van der Waals surface area contributed by atoms with Gasteiger partial charge in [0.2, 0.25) is 11.8 Å². The van der Waals surface area contributed by atoms with Gasteiger partial charge in [-0.2, -0.15) is 0 Å². The van der Waals surface area contributed by atoms with Gasteiger partial charge in [0.05, 0.1) is 20.3 Å². The summed E-state index contributed by atoms with van der Waals surface area (Å²) in [5, 5.41) is 2.67. The molecule has 0 aromatic heterocycles. The van der Waals surface area contributed by atoms with E-state index in [0.29, 0.717) is 19.7 Å². The Morgan fingerprint density at radius 1 is 1.27 bits per heavy atom. The number of amides is 2. The first kappa shape index (κ1) is 18.0. The average molecular weight is 308 g/mol. The molecule has 22 heavy (non-hydrogen) atoms. The van der Waals surface area contributed by atoms with Crippen molar-refractivity contribution >= 4 is 11.8 Å². The quantitative estimate of drug-likeness (QED) is 0.744. The highest BCUT2D eigenvalue weighted by atomic mass is 16.5. The van der Waals surface area contributed by atoms with Crippen molar-refractivity contribution in [1.82, 2.24) is 10.2 Å². The minimum atomic E-state index is -0.198. The fourth-order valence-corrected chi connectivity index (χ4v) is 1.91. The summed E-state index contributed by atoms with van der Waals surface area (Å²) < 4.78 is 10.6. The third-order valence-electron chi connectivity index (χ3n) is 3.07. The SMILES string of the molecule is CCNC(=O)CN(CC)C(=O)COCc1cccc(OC)c1. The Morgan fingerprint density at radius 2 is 2.05 bits per heavy atom. The summed E-state index contributed by atoms with van der Waals surface area (Å²) in [5.41, 5.74) is 0.930. The fraction of sp³-hybridized carbons (Fsp3) is 0.500. The van der Waals surface area contributed by atoms with Crippen LogP contribution in [0.2, 0.25) is 0 Å². The molecule has 0 bridgehead atoms. The molecule has 0 aliphatic heterocycles. The van der Waals surface area contributed by atoms with E-state index in [4.69, 9.17) is 9.47 Å². The van der Waals surface area contributed by atoms with Gasteiger partial charge in [-0.1, -0.05) is 12.1 Å². The lowest BCUT2D eigenvalue weighted by Crippen LogP contribution is -2.42. The number of methoxy groups -OCH3 is 1. The van der Waals surface area contributed by atoms with Gasteiger partial charge in [0.25, 0.3) is 0 Å². The Morgan fingerprint density at radius 3 is 2.68 bits per heavy atom. The minimum absolute atomic E-state index is 0.0511. The molecule has 6 heteroatoms. The van der Waals surface area contributed by atoms with E-state index in [1.54, 1.807) is 7.11 Å². The van der Waals surface area contributed by atoms with Crippen LogP contribution in [-0.2, 0) is 20.9 Å². The normalized spacial score (nSPS) is 10.1. The van der Waals surface area contributed by atoms with Gasteiger partial charge in [-0.3, -0.25) is 9.59 Å². The first-order valence-electron chi connectivity index (χ1n) is 7.35. The maximum atomic E-state index is 12.0. The third-order valence-corrected chi connectivity index (χ3v) is 3.07. The maximum Gasteiger partial charge on any atom is 0.249 e. The molecule has 0 fully saturated rings. The predicted octanol–water partition coefficient (Wildman–Crippen LogP) is 1.20. The lowest BCUT2D eigenvalue weighted by molar-refractivity contribution is -0.140. The number of nitrogens with one attached hydrogen (secondary N) is 1. The molecule has 0 atom stereocenters. The molecule has 0 unspecified atom stereocenters. The van der Waals surface area contributed by atoms with E-state index in [1.165, 1.54) is 4.90 Å². The van der Waals surface area contributed by atoms with Gasteiger partial charge >= 0.3 is 0 Å². The van der Waals surface area contributed by atoms with E-state index in [2.05, 4.69) is 5.32 Å². The lowest BCUT2D eigenvalue weighted by Gasteiger charge is -2.20. The Hall–Kier alpha value is -2.08. The lowest BCUT2D eigenvalue weighted by atomic mass is 10.2. The number of carbonyl (C=O) groups is 2. The molecule has 0 heterocycles. The Balaban J connectivity index is 2.41. The van der Waals surface area contributed by atoms with Crippen LogP contribution < -0.4 is 10.1 Å². The monoisotopic (exact) mass is 308 g/mol. The smallest absolute Gasteiger partial charge is 0.249 e. The molecule has 1 aromatic rings. The Kier molecular flexibility index (Phi) is 7.99. The third kappa shape index (κ3) is 6.13. The Labute approximate surface area is 131 Å². The molecule has 0 aliphatic carbocycles. The van der Waals surface area contributed by atoms with Crippen molar-refractivity contribution in [3.8, 4) is 5.75 Å². The molecular formula is C16H24N2O4. The summed E-state index contributed by atoms with van der Waals surface area (Å²) >= 11 is 0. The number of hydrogen-bond acceptors (Lipinski definition) is 4. The van der Waals surface area contributed by atoms with Gasteiger partial charge in [-0.15, -0.1) is 0 Å². The second-order valence-corrected chi connectivity index (χ2v) is 4.71. The molecule has 0 radical (unpaired) electrons. The van der Waals surface area contributed by atoms with Crippen molar-refractivity contribution in [2.24, 2.45) is 0 Å². The molecule has 2 amide bonds. The van der Waals surface area contributed by atoms with Crippen LogP contribution in [0.15, 0.2) is 24.3 Å². The van der Waals surface area contributed by atoms with Crippen LogP contribution in [0, 0.1) is 0 Å². The van der Waals surface area contributed by atoms with E-state index in [0.717, 1.165) is 11.3 Å². The fourth-order valence-electron chi connectivity index (χ4n) is 1.91. The number of hydrogen-bond donors (Lipinski definition) is 1. The van der Waals surface area contributed by atoms with E-state index < -0.39 is 0 Å². The summed E-state index contributed by atoms with van der Waals surface area (Å²) in [7, 11) is 1.60. The summed E-state index contributed by atoms with van der Waals surface area (Å²) in [4.78, 5) is 25.0. The first-order chi connectivity index (χ1) is 10.6. The average Bonchev–Trinajstić information content (AvgIpc) is 2.53. The van der Waals surface area contributed by atoms with Gasteiger partial charge in [0, 0.05) is 13.1 Å². The number of carbonyl (C=O) groups excluding carboxylic acids is 2. The summed E-state index contributed by atoms with van der Waals surface area (Å²) in [6, 6.07) is 7.47. The molecule has 122 valence electrons. The predicted molar refractivity (Wildman–Crippen MR) is 83.6 cm³/mol. The highest BCUT2D eigenvalue weighted by Gasteiger charge is 2.15. The van der Waals surface area contributed by atoms with E-state index in [1.807, 2.05) is 38.1 Å². The molecule has 0 saturated heterocycles. The number of likely N-dealkylation sites (N-methyl/N-ethyl adjacent to an activating group) is 2. The van der Waals surface area contributed by atoms with E-state index >= 15 is 0 Å². The van der Waals surface area contributed by atoms with Crippen LogP contribution in [0.3, 0.4) is 0 Å². The van der Waals surface area contributed by atoms with Crippen LogP contribution in [0.4, 0.5) is 0 Å². The molecule has 0 spiro atoms. The zero-order chi connectivity index (χ0) is 16.4. The zero-order valence-electron chi connectivity index (χ0n) is 13.4. The van der Waals surface area contributed by atoms with E-state index in [9.17, 15) is 9.59 Å². The minimum Gasteiger partial charge on any atom is -0.497 e. The second-order valence-electron chi connectivity index (χ2n) is 4.71. The number of ether oxygens (including phenoxy) is 2. The largest absolute Gasteiger partial charge is 0.497 e. The van der Waals surface area contributed by atoms with Crippen molar-refractivity contribution in [3.63, 3.8) is 0 Å². The van der Waals surface area contributed by atoms with Gasteiger partial charge in [-0.25, -0.2) is 0 Å². The van der Waals surface area contributed by atoms with Gasteiger partial charge in [0.15, 0.2) is 0 Å². The number of rotatable bonds is 9. The summed E-state index contributed by atoms with van der Waals surface area (Å²) in [5.74, 6) is 0.390. The van der Waals surface area contributed by atoms with Crippen molar-refractivity contribution < 1.29 is 19.1 Å². The highest BCUT2D eigenvalue weighted by molar-refractivity contribution is 5.85. The van der Waals surface area contributed by atoms with Crippen LogP contribution in [-0.4, -0.2) is 50.1 Å². The molecule has 1 N–H and O–H groups in total. The number of nitrogens with zero attached hydrogens (tertiary/aromatic N) is 1. The molecule has 6 nitrogen and oxygen atoms in total. The zero-order valence-corrected chi connectivity index (χ0v) is 13.4. The van der Waals surface area contributed by atoms with Gasteiger partial charge < -0.3 is 19.7 Å². The van der Waals surface area contributed by atoms with E-state index in [-0.39, 0.29) is 25.0 Å². The van der Waals surface area contributed by atoms with Crippen LogP contribution >= 0.6 is 0 Å². The van der Waals surface area contributed by atoms with Crippen molar-refractivity contribution in [3.05, 3.63) is 29.8 Å². The first-order valence-corrected chi connectivity index (χ1v) is 7.35. The molecular weight excluding hydrogens is 284 g/mol. The van der Waals surface area contributed by atoms with Crippen molar-refractivity contribution in [1.29, 1.82) is 0 Å². The standard InChI is InChI=1S/C16H24N2O4/c1-4-17-15(19)10-18(5-2)16(20)12-22-11-13-7-6-8-14(9-13)21-3/h6-9H,4-5,10-12H2,1-3H3,(H,17,19). The summed E-state index contributed by atoms with van der Waals surface area (Å²) in [6.45, 7) is 5.03. The topological polar surface area (TPSA) is 67.9 Å². The molecule has 0 aliphatic rings. The molecule has 1 aromatic carbocycles. The van der Waals surface area contributed by atoms with Crippen LogP contribution in [0.25, 0.3) is 0 Å². The van der Waals surface area contributed by atoms with Gasteiger partial charge in [-0.05, 0) is 31.5 Å². The summed E-state index contributed by atoms with van der Waals surface area (Å²) in [6.07, 6.45) is 0. The highest BCUT2D eigenvalue weighted by Crippen LogP contribution is 2.13. The maximum absolute atomic E-state index is 12.0. The molecule has 1 rings (SSSR count). The van der Waals surface area contributed by atoms with Crippen LogP contribution in [0.1, 0.15) is 19.4 Å². The Bertz CT molecular complexity index is 491.